The predicted molar refractivity (Wildman–Crippen MR) is 101 cm³/mol. The summed E-state index contributed by atoms with van der Waals surface area (Å²) in [6.45, 7) is 2.49. The van der Waals surface area contributed by atoms with E-state index in [0.29, 0.717) is 23.0 Å². The van der Waals surface area contributed by atoms with Gasteiger partial charge in [0.2, 0.25) is 0 Å². The molecule has 0 aliphatic rings. The fourth-order valence-corrected chi connectivity index (χ4v) is 2.90. The van der Waals surface area contributed by atoms with Gasteiger partial charge in [-0.15, -0.1) is 11.3 Å². The molecule has 0 unspecified atom stereocenters. The highest BCUT2D eigenvalue weighted by Gasteiger charge is 2.16. The Bertz CT molecular complexity index is 901. The van der Waals surface area contributed by atoms with Gasteiger partial charge in [-0.3, -0.25) is 14.3 Å². The lowest BCUT2D eigenvalue weighted by atomic mass is 10.3. The average Bonchev–Trinajstić information content (AvgIpc) is 3.27. The molecular weight excluding hydrogens is 352 g/mol. The van der Waals surface area contributed by atoms with E-state index in [-0.39, 0.29) is 17.5 Å². The van der Waals surface area contributed by atoms with Crippen LogP contribution in [0.5, 0.6) is 5.75 Å². The summed E-state index contributed by atoms with van der Waals surface area (Å²) in [5, 5.41) is 11.5. The number of anilines is 2. The van der Waals surface area contributed by atoms with E-state index in [1.807, 2.05) is 12.3 Å². The molecule has 0 saturated carbocycles. The molecule has 2 heterocycles. The Morgan fingerprint density at radius 3 is 2.58 bits per heavy atom. The van der Waals surface area contributed by atoms with Crippen LogP contribution in [0.1, 0.15) is 27.1 Å². The van der Waals surface area contributed by atoms with E-state index in [1.165, 1.54) is 22.1 Å². The number of ether oxygens (including phenoxy) is 1. The first-order valence-electron chi connectivity index (χ1n) is 8.00. The van der Waals surface area contributed by atoms with Crippen LogP contribution in [0.3, 0.4) is 0 Å². The summed E-state index contributed by atoms with van der Waals surface area (Å²) in [5.74, 6) is 0.588. The van der Waals surface area contributed by atoms with Crippen molar-refractivity contribution in [2.75, 3.05) is 17.2 Å². The second-order valence-corrected chi connectivity index (χ2v) is 6.33. The lowest BCUT2D eigenvalue weighted by Gasteiger charge is -2.05. The van der Waals surface area contributed by atoms with E-state index < -0.39 is 0 Å². The molecule has 2 N–H and O–H groups in total. The number of nitrogens with zero attached hydrogens (tertiary/aromatic N) is 2. The summed E-state index contributed by atoms with van der Waals surface area (Å²) in [5.41, 5.74) is 0.844. The van der Waals surface area contributed by atoms with E-state index in [4.69, 9.17) is 4.74 Å². The molecule has 0 aliphatic heterocycles. The third-order valence-corrected chi connectivity index (χ3v) is 4.39. The lowest BCUT2D eigenvalue weighted by Crippen LogP contribution is -2.13. The molecule has 0 bridgehead atoms. The van der Waals surface area contributed by atoms with E-state index in [2.05, 4.69) is 15.7 Å². The molecular formula is C18H18N4O3S. The Balaban J connectivity index is 1.67. The van der Waals surface area contributed by atoms with E-state index >= 15 is 0 Å². The summed E-state index contributed by atoms with van der Waals surface area (Å²) < 4.78 is 6.83. The van der Waals surface area contributed by atoms with Crippen molar-refractivity contribution >= 4 is 34.7 Å². The van der Waals surface area contributed by atoms with Crippen LogP contribution in [0, 0.1) is 0 Å². The van der Waals surface area contributed by atoms with Gasteiger partial charge in [0.05, 0.1) is 11.5 Å². The van der Waals surface area contributed by atoms with Crippen molar-refractivity contribution in [1.82, 2.24) is 9.78 Å². The van der Waals surface area contributed by atoms with Gasteiger partial charge in [0.1, 0.15) is 11.6 Å². The van der Waals surface area contributed by atoms with Crippen molar-refractivity contribution in [2.45, 2.75) is 6.92 Å². The minimum absolute atomic E-state index is 0.211. The maximum Gasteiger partial charge on any atom is 0.276 e. The van der Waals surface area contributed by atoms with Gasteiger partial charge in [-0.25, -0.2) is 0 Å². The van der Waals surface area contributed by atoms with E-state index in [1.54, 1.807) is 43.4 Å². The predicted octanol–water partition coefficient (Wildman–Crippen LogP) is 3.38. The van der Waals surface area contributed by atoms with Crippen molar-refractivity contribution in [3.05, 3.63) is 58.4 Å². The number of benzene rings is 1. The molecule has 0 atom stereocenters. The van der Waals surface area contributed by atoms with Gasteiger partial charge >= 0.3 is 0 Å². The molecule has 7 nitrogen and oxygen atoms in total. The number of amides is 2. The molecule has 0 saturated heterocycles. The number of carbonyl (C=O) groups is 2. The van der Waals surface area contributed by atoms with Gasteiger partial charge in [-0.1, -0.05) is 6.07 Å². The second kappa shape index (κ2) is 7.83. The molecule has 134 valence electrons. The van der Waals surface area contributed by atoms with Gasteiger partial charge < -0.3 is 15.4 Å². The highest BCUT2D eigenvalue weighted by Crippen LogP contribution is 2.18. The normalized spacial score (nSPS) is 10.4. The van der Waals surface area contributed by atoms with E-state index in [9.17, 15) is 9.59 Å². The Morgan fingerprint density at radius 1 is 1.15 bits per heavy atom. The van der Waals surface area contributed by atoms with Crippen molar-refractivity contribution in [3.8, 4) is 5.75 Å². The molecule has 3 aromatic rings. The lowest BCUT2D eigenvalue weighted by molar-refractivity contribution is 0.101. The third-order valence-electron chi connectivity index (χ3n) is 3.52. The number of rotatable bonds is 6. The first kappa shape index (κ1) is 17.7. The SMILES string of the molecule is CCOc1ccc(NC(=O)c2cc(NC(=O)c3cccs3)n(C)n2)cc1. The number of aryl methyl sites for hydroxylation is 1. The molecule has 0 fully saturated rings. The van der Waals surface area contributed by atoms with Crippen LogP contribution in [0.4, 0.5) is 11.5 Å². The first-order chi connectivity index (χ1) is 12.6. The highest BCUT2D eigenvalue weighted by molar-refractivity contribution is 7.12. The Labute approximate surface area is 154 Å². The standard InChI is InChI=1S/C18H18N4O3S/c1-3-25-13-8-6-12(7-9-13)19-17(23)14-11-16(22(2)21-14)20-18(24)15-5-4-10-26-15/h4-11H,3H2,1-2H3,(H,19,23)(H,20,24). The average molecular weight is 370 g/mol. The molecule has 3 rings (SSSR count). The van der Waals surface area contributed by atoms with Crippen molar-refractivity contribution in [3.63, 3.8) is 0 Å². The van der Waals surface area contributed by atoms with Crippen LogP contribution in [0.2, 0.25) is 0 Å². The number of hydrogen-bond donors (Lipinski definition) is 2. The van der Waals surface area contributed by atoms with Gasteiger partial charge in [0, 0.05) is 18.8 Å². The minimum atomic E-state index is -0.360. The first-order valence-corrected chi connectivity index (χ1v) is 8.88. The van der Waals surface area contributed by atoms with Crippen LogP contribution < -0.4 is 15.4 Å². The minimum Gasteiger partial charge on any atom is -0.494 e. The van der Waals surface area contributed by atoms with Gasteiger partial charge in [0.15, 0.2) is 5.69 Å². The summed E-state index contributed by atoms with van der Waals surface area (Å²) in [7, 11) is 1.66. The van der Waals surface area contributed by atoms with Crippen molar-refractivity contribution < 1.29 is 14.3 Å². The van der Waals surface area contributed by atoms with Crippen LogP contribution in [0.15, 0.2) is 47.8 Å². The maximum absolute atomic E-state index is 12.4. The second-order valence-electron chi connectivity index (χ2n) is 5.38. The number of thiophene rings is 1. The molecule has 26 heavy (non-hydrogen) atoms. The molecule has 0 aliphatic carbocycles. The maximum atomic E-state index is 12.4. The monoisotopic (exact) mass is 370 g/mol. The van der Waals surface area contributed by atoms with Gasteiger partial charge in [0.25, 0.3) is 11.8 Å². The van der Waals surface area contributed by atoms with Crippen LogP contribution >= 0.6 is 11.3 Å². The fourth-order valence-electron chi connectivity index (χ4n) is 2.28. The smallest absolute Gasteiger partial charge is 0.276 e. The summed E-state index contributed by atoms with van der Waals surface area (Å²) in [6.07, 6.45) is 0. The van der Waals surface area contributed by atoms with Gasteiger partial charge in [-0.2, -0.15) is 5.10 Å². The van der Waals surface area contributed by atoms with Crippen LogP contribution in [-0.4, -0.2) is 28.2 Å². The summed E-state index contributed by atoms with van der Waals surface area (Å²) in [4.78, 5) is 25.1. The quantitative estimate of drug-likeness (QED) is 0.696. The van der Waals surface area contributed by atoms with Crippen LogP contribution in [-0.2, 0) is 7.05 Å². The molecule has 1 aromatic carbocycles. The Kier molecular flexibility index (Phi) is 5.33. The third kappa shape index (κ3) is 4.09. The van der Waals surface area contributed by atoms with Crippen molar-refractivity contribution in [1.29, 1.82) is 0 Å². The Hall–Kier alpha value is -3.13. The zero-order chi connectivity index (χ0) is 18.5. The molecule has 2 aromatic heterocycles. The Morgan fingerprint density at radius 2 is 1.92 bits per heavy atom. The molecule has 0 spiro atoms. The molecule has 8 heteroatoms. The zero-order valence-corrected chi connectivity index (χ0v) is 15.2. The van der Waals surface area contributed by atoms with Crippen LogP contribution in [0.25, 0.3) is 0 Å². The number of hydrogen-bond acceptors (Lipinski definition) is 5. The number of nitrogens with one attached hydrogen (secondary N) is 2. The summed E-state index contributed by atoms with van der Waals surface area (Å²) in [6, 6.07) is 12.1. The largest absolute Gasteiger partial charge is 0.494 e. The number of carbonyl (C=O) groups excluding carboxylic acids is 2. The fraction of sp³-hybridized carbons (Fsp3) is 0.167. The zero-order valence-electron chi connectivity index (χ0n) is 14.4. The molecule has 0 radical (unpaired) electrons. The van der Waals surface area contributed by atoms with Crippen molar-refractivity contribution in [2.24, 2.45) is 7.05 Å². The highest BCUT2D eigenvalue weighted by atomic mass is 32.1. The van der Waals surface area contributed by atoms with Gasteiger partial charge in [-0.05, 0) is 42.6 Å². The number of aromatic nitrogens is 2. The molecule has 2 amide bonds. The summed E-state index contributed by atoms with van der Waals surface area (Å²) >= 11 is 1.34. The topological polar surface area (TPSA) is 85.3 Å². The van der Waals surface area contributed by atoms with E-state index in [0.717, 1.165) is 5.75 Å².